The summed E-state index contributed by atoms with van der Waals surface area (Å²) in [5.41, 5.74) is 4.73. The highest BCUT2D eigenvalue weighted by atomic mass is 32.1. The van der Waals surface area contributed by atoms with Crippen LogP contribution in [0.2, 0.25) is 0 Å². The average molecular weight is 474 g/mol. The largest absolute Gasteiger partial charge is 0.479 e. The number of carbonyl (C=O) groups excluding carboxylic acids is 2. The molecule has 1 aliphatic heterocycles. The van der Waals surface area contributed by atoms with E-state index >= 15 is 0 Å². The fraction of sp³-hybridized carbons (Fsp3) is 0.231. The van der Waals surface area contributed by atoms with E-state index in [4.69, 9.17) is 4.74 Å². The SMILES string of the molecule is Cc1ccc(-c2c(C)sc3ncn(CC(=O)c4ccc5c(c4)NC(=O)C(C)O5)c(=O)c23)cc1C. The van der Waals surface area contributed by atoms with Crippen LogP contribution in [0.4, 0.5) is 5.69 Å². The third-order valence-electron chi connectivity index (χ3n) is 6.20. The van der Waals surface area contributed by atoms with Gasteiger partial charge in [0.25, 0.3) is 11.5 Å². The van der Waals surface area contributed by atoms with Gasteiger partial charge in [-0.2, -0.15) is 0 Å². The Kier molecular flexibility index (Phi) is 5.32. The summed E-state index contributed by atoms with van der Waals surface area (Å²) in [7, 11) is 0. The van der Waals surface area contributed by atoms with Crippen molar-refractivity contribution < 1.29 is 14.3 Å². The summed E-state index contributed by atoms with van der Waals surface area (Å²) in [4.78, 5) is 44.6. The van der Waals surface area contributed by atoms with Crippen molar-refractivity contribution in [2.75, 3.05) is 5.32 Å². The number of hydrogen-bond donors (Lipinski definition) is 1. The van der Waals surface area contributed by atoms with E-state index in [0.717, 1.165) is 21.6 Å². The quantitative estimate of drug-likeness (QED) is 0.436. The predicted octanol–water partition coefficient (Wildman–Crippen LogP) is 4.65. The lowest BCUT2D eigenvalue weighted by Gasteiger charge is -2.23. The van der Waals surface area contributed by atoms with Gasteiger partial charge in [-0.15, -0.1) is 11.3 Å². The molecule has 0 fully saturated rings. The first-order valence-corrected chi connectivity index (χ1v) is 11.8. The first kappa shape index (κ1) is 22.0. The van der Waals surface area contributed by atoms with Crippen molar-refractivity contribution in [2.45, 2.75) is 40.3 Å². The number of benzene rings is 2. The Morgan fingerprint density at radius 3 is 2.68 bits per heavy atom. The average Bonchev–Trinajstić information content (AvgIpc) is 3.14. The molecule has 0 spiro atoms. The number of carbonyl (C=O) groups is 2. The normalized spacial score (nSPS) is 15.1. The molecule has 0 radical (unpaired) electrons. The van der Waals surface area contributed by atoms with Crippen LogP contribution in [0.15, 0.2) is 47.5 Å². The van der Waals surface area contributed by atoms with Crippen LogP contribution >= 0.6 is 11.3 Å². The number of amides is 1. The molecule has 1 unspecified atom stereocenters. The van der Waals surface area contributed by atoms with Crippen molar-refractivity contribution in [1.29, 1.82) is 0 Å². The minimum Gasteiger partial charge on any atom is -0.479 e. The van der Waals surface area contributed by atoms with E-state index in [2.05, 4.69) is 23.3 Å². The zero-order valence-electron chi connectivity index (χ0n) is 19.3. The smallest absolute Gasteiger partial charge is 0.265 e. The molecule has 4 aromatic rings. The Bertz CT molecular complexity index is 1550. The van der Waals surface area contributed by atoms with Gasteiger partial charge >= 0.3 is 0 Å². The summed E-state index contributed by atoms with van der Waals surface area (Å²) >= 11 is 1.47. The van der Waals surface area contributed by atoms with Gasteiger partial charge in [0.15, 0.2) is 11.9 Å². The van der Waals surface area contributed by atoms with Gasteiger partial charge < -0.3 is 10.1 Å². The van der Waals surface area contributed by atoms with Crippen LogP contribution < -0.4 is 15.6 Å². The number of aromatic nitrogens is 2. The van der Waals surface area contributed by atoms with Crippen molar-refractivity contribution in [2.24, 2.45) is 0 Å². The van der Waals surface area contributed by atoms with Gasteiger partial charge in [0.2, 0.25) is 0 Å². The zero-order chi connectivity index (χ0) is 24.1. The molecule has 1 amide bonds. The van der Waals surface area contributed by atoms with Gasteiger partial charge in [-0.25, -0.2) is 4.98 Å². The molecule has 34 heavy (non-hydrogen) atoms. The number of fused-ring (bicyclic) bond motifs is 2. The Labute approximate surface area is 200 Å². The lowest BCUT2D eigenvalue weighted by molar-refractivity contribution is -0.122. The molecule has 172 valence electrons. The molecular weight excluding hydrogens is 450 g/mol. The monoisotopic (exact) mass is 473 g/mol. The van der Waals surface area contributed by atoms with Crippen molar-refractivity contribution >= 4 is 38.9 Å². The van der Waals surface area contributed by atoms with Gasteiger partial charge in [0.1, 0.15) is 10.6 Å². The molecule has 1 N–H and O–H groups in total. The van der Waals surface area contributed by atoms with Crippen molar-refractivity contribution in [3.05, 3.63) is 74.6 Å². The summed E-state index contributed by atoms with van der Waals surface area (Å²) in [6.45, 7) is 7.58. The number of Topliss-reactive ketones (excluding diaryl/α,β-unsaturated/α-hetero) is 1. The van der Waals surface area contributed by atoms with Crippen LogP contribution in [0.5, 0.6) is 5.75 Å². The van der Waals surface area contributed by atoms with E-state index in [0.29, 0.717) is 27.2 Å². The molecule has 0 saturated heterocycles. The van der Waals surface area contributed by atoms with Crippen LogP contribution in [0.25, 0.3) is 21.3 Å². The van der Waals surface area contributed by atoms with E-state index < -0.39 is 6.10 Å². The molecule has 1 aliphatic rings. The summed E-state index contributed by atoms with van der Waals surface area (Å²) in [6, 6.07) is 11.0. The molecule has 5 rings (SSSR count). The first-order valence-electron chi connectivity index (χ1n) is 10.9. The maximum Gasteiger partial charge on any atom is 0.265 e. The van der Waals surface area contributed by atoms with Crippen LogP contribution in [0.3, 0.4) is 0 Å². The standard InChI is InChI=1S/C26H23N3O4S/c1-13-5-6-18(9-14(13)2)22-16(4)34-25-23(22)26(32)29(12-27-25)11-20(30)17-7-8-21-19(10-17)28-24(31)15(3)33-21/h5-10,12,15H,11H2,1-4H3,(H,28,31). The molecule has 7 nitrogen and oxygen atoms in total. The molecule has 0 saturated carbocycles. The highest BCUT2D eigenvalue weighted by Crippen LogP contribution is 2.36. The molecule has 3 heterocycles. The summed E-state index contributed by atoms with van der Waals surface area (Å²) < 4.78 is 6.90. The first-order chi connectivity index (χ1) is 16.2. The number of ketones is 1. The van der Waals surface area contributed by atoms with Crippen LogP contribution in [-0.2, 0) is 11.3 Å². The lowest BCUT2D eigenvalue weighted by atomic mass is 9.99. The summed E-state index contributed by atoms with van der Waals surface area (Å²) in [6.07, 6.45) is 0.833. The predicted molar refractivity (Wildman–Crippen MR) is 133 cm³/mol. The van der Waals surface area contributed by atoms with E-state index in [1.807, 2.05) is 26.0 Å². The maximum absolute atomic E-state index is 13.5. The third kappa shape index (κ3) is 3.70. The number of ether oxygens (including phenoxy) is 1. The molecule has 1 atom stereocenters. The number of nitrogens with one attached hydrogen (secondary N) is 1. The number of thiophene rings is 1. The second-order valence-corrected chi connectivity index (χ2v) is 9.78. The van der Waals surface area contributed by atoms with Crippen LogP contribution in [-0.4, -0.2) is 27.3 Å². The number of anilines is 1. The highest BCUT2D eigenvalue weighted by Gasteiger charge is 2.25. The van der Waals surface area contributed by atoms with E-state index in [1.165, 1.54) is 27.8 Å². The Morgan fingerprint density at radius 2 is 1.91 bits per heavy atom. The minimum absolute atomic E-state index is 0.160. The topological polar surface area (TPSA) is 90.3 Å². The van der Waals surface area contributed by atoms with Gasteiger partial charge in [0, 0.05) is 16.0 Å². The van der Waals surface area contributed by atoms with Crippen molar-refractivity contribution in [3.8, 4) is 16.9 Å². The molecular formula is C26H23N3O4S. The minimum atomic E-state index is -0.592. The molecule has 2 aromatic heterocycles. The molecule has 0 aliphatic carbocycles. The van der Waals surface area contributed by atoms with Crippen LogP contribution in [0, 0.1) is 20.8 Å². The summed E-state index contributed by atoms with van der Waals surface area (Å²) in [5.74, 6) is -0.0241. The second-order valence-electron chi connectivity index (χ2n) is 8.57. The second kappa shape index (κ2) is 8.22. The third-order valence-corrected chi connectivity index (χ3v) is 7.21. The fourth-order valence-corrected chi connectivity index (χ4v) is 5.13. The molecule has 2 aromatic carbocycles. The van der Waals surface area contributed by atoms with Crippen LogP contribution in [0.1, 0.15) is 33.3 Å². The molecule has 0 bridgehead atoms. The number of aryl methyl sites for hydroxylation is 3. The lowest BCUT2D eigenvalue weighted by Crippen LogP contribution is -2.34. The molecule has 8 heteroatoms. The van der Waals surface area contributed by atoms with E-state index in [-0.39, 0.29) is 23.8 Å². The van der Waals surface area contributed by atoms with Gasteiger partial charge in [-0.3, -0.25) is 19.0 Å². The number of rotatable bonds is 4. The Hall–Kier alpha value is -3.78. The maximum atomic E-state index is 13.5. The van der Waals surface area contributed by atoms with E-state index in [9.17, 15) is 14.4 Å². The Morgan fingerprint density at radius 1 is 1.12 bits per heavy atom. The fourth-order valence-electron chi connectivity index (χ4n) is 4.12. The number of hydrogen-bond acceptors (Lipinski definition) is 6. The van der Waals surface area contributed by atoms with E-state index in [1.54, 1.807) is 25.1 Å². The van der Waals surface area contributed by atoms with Crippen molar-refractivity contribution in [3.63, 3.8) is 0 Å². The highest BCUT2D eigenvalue weighted by molar-refractivity contribution is 7.19. The van der Waals surface area contributed by atoms with Gasteiger partial charge in [-0.05, 0) is 62.6 Å². The van der Waals surface area contributed by atoms with Gasteiger partial charge in [0.05, 0.1) is 23.9 Å². The van der Waals surface area contributed by atoms with Gasteiger partial charge in [-0.1, -0.05) is 18.2 Å². The number of nitrogens with zero attached hydrogens (tertiary/aromatic N) is 2. The van der Waals surface area contributed by atoms with Crippen molar-refractivity contribution in [1.82, 2.24) is 9.55 Å². The summed E-state index contributed by atoms with van der Waals surface area (Å²) in [5, 5.41) is 3.27. The Balaban J connectivity index is 1.52. The zero-order valence-corrected chi connectivity index (χ0v) is 20.1.